The highest BCUT2D eigenvalue weighted by molar-refractivity contribution is 5.42. The Balaban J connectivity index is 2.03. The second-order valence-electron chi connectivity index (χ2n) is 3.67. The van der Waals surface area contributed by atoms with Gasteiger partial charge in [0.15, 0.2) is 0 Å². The molecular weight excluding hydrogens is 218 g/mol. The Hall–Kier alpha value is -1.10. The fraction of sp³-hybridized carbons (Fsp3) is 0.538. The molecule has 0 fully saturated rings. The number of aliphatic hydroxyl groups excluding tert-OH is 1. The Morgan fingerprint density at radius 1 is 1.18 bits per heavy atom. The molecule has 0 aliphatic rings. The van der Waals surface area contributed by atoms with Gasteiger partial charge in [-0.25, -0.2) is 0 Å². The number of para-hydroxylation sites is 1. The van der Waals surface area contributed by atoms with Gasteiger partial charge in [-0.05, 0) is 19.1 Å². The van der Waals surface area contributed by atoms with E-state index in [0.29, 0.717) is 33.0 Å². The summed E-state index contributed by atoms with van der Waals surface area (Å²) in [6.07, 6.45) is -0.503. The number of hydrogen-bond donors (Lipinski definition) is 2. The fourth-order valence-electron chi connectivity index (χ4n) is 1.33. The summed E-state index contributed by atoms with van der Waals surface area (Å²) < 4.78 is 10.4. The lowest BCUT2D eigenvalue weighted by molar-refractivity contribution is 0.0103. The Bertz CT molecular complexity index is 279. The average Bonchev–Trinajstić information content (AvgIpc) is 2.37. The summed E-state index contributed by atoms with van der Waals surface area (Å²) in [6.45, 7) is 4.55. The monoisotopic (exact) mass is 239 g/mol. The summed E-state index contributed by atoms with van der Waals surface area (Å²) in [4.78, 5) is 0. The maximum absolute atomic E-state index is 9.64. The molecule has 0 saturated heterocycles. The molecule has 0 aliphatic heterocycles. The molecule has 0 spiro atoms. The molecule has 0 unspecified atom stereocenters. The zero-order chi connectivity index (χ0) is 12.3. The Kier molecular flexibility index (Phi) is 7.38. The summed E-state index contributed by atoms with van der Waals surface area (Å²) in [7, 11) is 0. The van der Waals surface area contributed by atoms with Gasteiger partial charge in [-0.15, -0.1) is 0 Å². The number of aliphatic hydroxyl groups is 1. The molecule has 1 aromatic carbocycles. The topological polar surface area (TPSA) is 50.7 Å². The minimum Gasteiger partial charge on any atom is -0.389 e. The van der Waals surface area contributed by atoms with E-state index in [9.17, 15) is 5.11 Å². The van der Waals surface area contributed by atoms with Crippen LogP contribution in [0.15, 0.2) is 30.3 Å². The molecule has 0 amide bonds. The minimum atomic E-state index is -0.503. The van der Waals surface area contributed by atoms with Gasteiger partial charge in [-0.1, -0.05) is 18.2 Å². The highest BCUT2D eigenvalue weighted by Crippen LogP contribution is 2.04. The lowest BCUT2D eigenvalue weighted by Crippen LogP contribution is -2.25. The van der Waals surface area contributed by atoms with Crippen LogP contribution in [0.2, 0.25) is 0 Å². The van der Waals surface area contributed by atoms with E-state index >= 15 is 0 Å². The van der Waals surface area contributed by atoms with Crippen molar-refractivity contribution in [3.8, 4) is 0 Å². The maximum atomic E-state index is 9.64. The normalized spacial score (nSPS) is 12.4. The molecular formula is C13H21NO3. The van der Waals surface area contributed by atoms with Crippen molar-refractivity contribution in [1.82, 2.24) is 0 Å². The van der Waals surface area contributed by atoms with E-state index in [4.69, 9.17) is 9.47 Å². The SMILES string of the molecule is CCOCCOC[C@H](O)CNc1ccccc1. The number of nitrogens with one attached hydrogen (secondary N) is 1. The predicted octanol–water partition coefficient (Wildman–Crippen LogP) is 1.51. The molecule has 1 atom stereocenters. The van der Waals surface area contributed by atoms with Crippen LogP contribution in [-0.4, -0.2) is 44.2 Å². The molecule has 1 rings (SSSR count). The summed E-state index contributed by atoms with van der Waals surface area (Å²) in [5, 5.41) is 12.8. The third-order valence-electron chi connectivity index (χ3n) is 2.20. The molecule has 0 heterocycles. The molecule has 4 heteroatoms. The van der Waals surface area contributed by atoms with Crippen LogP contribution in [0.25, 0.3) is 0 Å². The van der Waals surface area contributed by atoms with Gasteiger partial charge in [-0.3, -0.25) is 0 Å². The van der Waals surface area contributed by atoms with Gasteiger partial charge >= 0.3 is 0 Å². The van der Waals surface area contributed by atoms with Gasteiger partial charge in [0.25, 0.3) is 0 Å². The van der Waals surface area contributed by atoms with E-state index in [1.54, 1.807) is 0 Å². The summed E-state index contributed by atoms with van der Waals surface area (Å²) in [5.74, 6) is 0. The first-order valence-corrected chi connectivity index (χ1v) is 5.95. The van der Waals surface area contributed by atoms with Crippen molar-refractivity contribution >= 4 is 5.69 Å². The zero-order valence-electron chi connectivity index (χ0n) is 10.3. The highest BCUT2D eigenvalue weighted by Gasteiger charge is 2.03. The Morgan fingerprint density at radius 2 is 1.88 bits per heavy atom. The minimum absolute atomic E-state index is 0.326. The van der Waals surface area contributed by atoms with Gasteiger partial charge in [0.1, 0.15) is 0 Å². The summed E-state index contributed by atoms with van der Waals surface area (Å²) >= 11 is 0. The van der Waals surface area contributed by atoms with Crippen molar-refractivity contribution in [1.29, 1.82) is 0 Å². The van der Waals surface area contributed by atoms with Crippen molar-refractivity contribution in [2.24, 2.45) is 0 Å². The number of anilines is 1. The van der Waals surface area contributed by atoms with Crippen molar-refractivity contribution in [3.63, 3.8) is 0 Å². The van der Waals surface area contributed by atoms with Crippen molar-refractivity contribution in [3.05, 3.63) is 30.3 Å². The van der Waals surface area contributed by atoms with Gasteiger partial charge in [0, 0.05) is 18.8 Å². The summed E-state index contributed by atoms with van der Waals surface area (Å²) in [6, 6.07) is 9.78. The van der Waals surface area contributed by atoms with E-state index in [-0.39, 0.29) is 0 Å². The van der Waals surface area contributed by atoms with E-state index < -0.39 is 6.10 Å². The standard InChI is InChI=1S/C13H21NO3/c1-2-16-8-9-17-11-13(15)10-14-12-6-4-3-5-7-12/h3-7,13-15H,2,8-11H2,1H3/t13-/m1/s1. The molecule has 4 nitrogen and oxygen atoms in total. The molecule has 0 aromatic heterocycles. The first kappa shape index (κ1) is 14.0. The molecule has 0 saturated carbocycles. The quantitative estimate of drug-likeness (QED) is 0.641. The smallest absolute Gasteiger partial charge is 0.0945 e. The van der Waals surface area contributed by atoms with Crippen LogP contribution >= 0.6 is 0 Å². The number of hydrogen-bond acceptors (Lipinski definition) is 4. The first-order valence-electron chi connectivity index (χ1n) is 5.95. The largest absolute Gasteiger partial charge is 0.389 e. The van der Waals surface area contributed by atoms with Crippen molar-refractivity contribution in [2.45, 2.75) is 13.0 Å². The third-order valence-corrected chi connectivity index (χ3v) is 2.20. The molecule has 0 aliphatic carbocycles. The van der Waals surface area contributed by atoms with Crippen LogP contribution in [-0.2, 0) is 9.47 Å². The average molecular weight is 239 g/mol. The Morgan fingerprint density at radius 3 is 2.59 bits per heavy atom. The van der Waals surface area contributed by atoms with Crippen LogP contribution in [0.4, 0.5) is 5.69 Å². The van der Waals surface area contributed by atoms with Crippen LogP contribution < -0.4 is 5.32 Å². The zero-order valence-corrected chi connectivity index (χ0v) is 10.3. The van der Waals surface area contributed by atoms with Crippen LogP contribution in [0, 0.1) is 0 Å². The van der Waals surface area contributed by atoms with Crippen molar-refractivity contribution in [2.75, 3.05) is 38.3 Å². The predicted molar refractivity (Wildman–Crippen MR) is 68.3 cm³/mol. The lowest BCUT2D eigenvalue weighted by atomic mass is 10.3. The molecule has 17 heavy (non-hydrogen) atoms. The molecule has 1 aromatic rings. The van der Waals surface area contributed by atoms with E-state index in [0.717, 1.165) is 5.69 Å². The van der Waals surface area contributed by atoms with Gasteiger partial charge in [0.05, 0.1) is 25.9 Å². The molecule has 96 valence electrons. The summed E-state index contributed by atoms with van der Waals surface area (Å²) in [5.41, 5.74) is 1.00. The van der Waals surface area contributed by atoms with Crippen LogP contribution in [0.3, 0.4) is 0 Å². The van der Waals surface area contributed by atoms with E-state index in [2.05, 4.69) is 5.32 Å². The lowest BCUT2D eigenvalue weighted by Gasteiger charge is -2.13. The van der Waals surface area contributed by atoms with Crippen LogP contribution in [0.1, 0.15) is 6.92 Å². The van der Waals surface area contributed by atoms with E-state index in [1.165, 1.54) is 0 Å². The van der Waals surface area contributed by atoms with Gasteiger partial charge in [0.2, 0.25) is 0 Å². The third kappa shape index (κ3) is 6.94. The highest BCUT2D eigenvalue weighted by atomic mass is 16.5. The Labute approximate surface area is 103 Å². The van der Waals surface area contributed by atoms with E-state index in [1.807, 2.05) is 37.3 Å². The van der Waals surface area contributed by atoms with Gasteiger partial charge in [-0.2, -0.15) is 0 Å². The fourth-order valence-corrected chi connectivity index (χ4v) is 1.33. The maximum Gasteiger partial charge on any atom is 0.0945 e. The second-order valence-corrected chi connectivity index (χ2v) is 3.67. The van der Waals surface area contributed by atoms with Gasteiger partial charge < -0.3 is 19.9 Å². The molecule has 2 N–H and O–H groups in total. The first-order chi connectivity index (χ1) is 8.33. The second kappa shape index (κ2) is 8.98. The van der Waals surface area contributed by atoms with Crippen molar-refractivity contribution < 1.29 is 14.6 Å². The molecule has 0 bridgehead atoms. The number of benzene rings is 1. The number of ether oxygens (including phenoxy) is 2. The molecule has 0 radical (unpaired) electrons. The number of rotatable bonds is 9. The van der Waals surface area contributed by atoms with Crippen LogP contribution in [0.5, 0.6) is 0 Å².